The first-order valence-corrected chi connectivity index (χ1v) is 11.9. The molecular weight excluding hydrogens is 422 g/mol. The number of aromatic hydroxyl groups is 1. The van der Waals surface area contributed by atoms with Gasteiger partial charge >= 0.3 is 0 Å². The van der Waals surface area contributed by atoms with Crippen LogP contribution >= 0.6 is 0 Å². The van der Waals surface area contributed by atoms with Gasteiger partial charge in [-0.1, -0.05) is 93.1 Å². The van der Waals surface area contributed by atoms with Crippen molar-refractivity contribution in [3.8, 4) is 34.3 Å². The summed E-state index contributed by atoms with van der Waals surface area (Å²) in [5, 5.41) is 10.2. The predicted octanol–water partition coefficient (Wildman–Crippen LogP) is 6.90. The molecule has 0 aliphatic carbocycles. The number of nitrogens with zero attached hydrogens (tertiary/aromatic N) is 3. The summed E-state index contributed by atoms with van der Waals surface area (Å²) in [6, 6.07) is 27.0. The van der Waals surface area contributed by atoms with Crippen LogP contribution in [0.1, 0.15) is 44.9 Å². The zero-order valence-corrected chi connectivity index (χ0v) is 19.8. The molecule has 0 radical (unpaired) electrons. The summed E-state index contributed by atoms with van der Waals surface area (Å²) < 4.78 is 6.06. The number of rotatable bonds is 10. The highest BCUT2D eigenvalue weighted by Gasteiger charge is 2.21. The lowest BCUT2D eigenvalue weighted by atomic mass is 9.95. The summed E-state index contributed by atoms with van der Waals surface area (Å²) in [5.74, 6) is 3.18. The first-order valence-electron chi connectivity index (χ1n) is 11.9. The maximum atomic E-state index is 10.2. The van der Waals surface area contributed by atoms with Crippen LogP contribution in [0.2, 0.25) is 0 Å². The molecule has 0 fully saturated rings. The number of benzene rings is 3. The minimum absolute atomic E-state index is 0.0402. The molecule has 1 aromatic heterocycles. The zero-order valence-electron chi connectivity index (χ0n) is 19.8. The number of phenolic OH excluding ortho intramolecular Hbond substituents is 1. The average molecular weight is 454 g/mol. The van der Waals surface area contributed by atoms with Gasteiger partial charge in [0.1, 0.15) is 5.82 Å². The highest BCUT2D eigenvalue weighted by atomic mass is 16.5. The van der Waals surface area contributed by atoms with Gasteiger partial charge < -0.3 is 9.84 Å². The number of phenols is 1. The van der Waals surface area contributed by atoms with Crippen molar-refractivity contribution in [3.63, 3.8) is 0 Å². The van der Waals surface area contributed by atoms with E-state index in [1.807, 2.05) is 66.7 Å². The molecule has 0 aliphatic rings. The Labute approximate surface area is 201 Å². The third-order valence-electron chi connectivity index (χ3n) is 6.09. The SMILES string of the molecule is CCC(C)CCC(COc1ccccc1O)c1nc(-c2ccccc2)nc(-c2ccccc2)n1. The maximum absolute atomic E-state index is 10.2. The van der Waals surface area contributed by atoms with Gasteiger partial charge in [0.15, 0.2) is 23.1 Å². The van der Waals surface area contributed by atoms with E-state index < -0.39 is 0 Å². The molecule has 1 N–H and O–H groups in total. The molecule has 0 aliphatic heterocycles. The number of aromatic nitrogens is 3. The van der Waals surface area contributed by atoms with Crippen molar-refractivity contribution in [2.24, 2.45) is 5.92 Å². The normalized spacial score (nSPS) is 12.8. The summed E-state index contributed by atoms with van der Waals surface area (Å²) in [5.41, 5.74) is 1.90. The lowest BCUT2D eigenvalue weighted by Gasteiger charge is -2.20. The Bertz CT molecular complexity index is 1120. The average Bonchev–Trinajstić information content (AvgIpc) is 2.90. The van der Waals surface area contributed by atoms with E-state index in [4.69, 9.17) is 19.7 Å². The second-order valence-electron chi connectivity index (χ2n) is 8.64. The Kier molecular flexibility index (Phi) is 7.87. The fraction of sp³-hybridized carbons (Fsp3) is 0.276. The van der Waals surface area contributed by atoms with Crippen LogP contribution in [0, 0.1) is 5.92 Å². The third-order valence-corrected chi connectivity index (χ3v) is 6.09. The molecule has 0 spiro atoms. The fourth-order valence-electron chi connectivity index (χ4n) is 3.75. The molecule has 4 rings (SSSR count). The summed E-state index contributed by atoms with van der Waals surface area (Å²) in [6.07, 6.45) is 3.04. The van der Waals surface area contributed by atoms with Gasteiger partial charge in [-0.25, -0.2) is 15.0 Å². The number of hydrogen-bond acceptors (Lipinski definition) is 5. The van der Waals surface area contributed by atoms with Gasteiger partial charge in [0.2, 0.25) is 0 Å². The molecule has 0 amide bonds. The van der Waals surface area contributed by atoms with Crippen molar-refractivity contribution in [2.45, 2.75) is 39.0 Å². The van der Waals surface area contributed by atoms with Gasteiger partial charge in [0.25, 0.3) is 0 Å². The minimum Gasteiger partial charge on any atom is -0.504 e. The van der Waals surface area contributed by atoms with E-state index in [-0.39, 0.29) is 11.7 Å². The Morgan fingerprint density at radius 1 is 0.735 bits per heavy atom. The summed E-state index contributed by atoms with van der Waals surface area (Å²) in [6.45, 7) is 4.85. The maximum Gasteiger partial charge on any atom is 0.163 e. The van der Waals surface area contributed by atoms with Crippen LogP contribution in [-0.2, 0) is 0 Å². The van der Waals surface area contributed by atoms with Crippen LogP contribution in [0.4, 0.5) is 0 Å². The second-order valence-corrected chi connectivity index (χ2v) is 8.64. The smallest absolute Gasteiger partial charge is 0.163 e. The molecule has 5 heteroatoms. The van der Waals surface area contributed by atoms with Crippen molar-refractivity contribution in [1.82, 2.24) is 15.0 Å². The molecule has 5 nitrogen and oxygen atoms in total. The molecule has 3 aromatic carbocycles. The van der Waals surface area contributed by atoms with E-state index in [1.54, 1.807) is 18.2 Å². The van der Waals surface area contributed by atoms with Crippen LogP contribution in [0.15, 0.2) is 84.9 Å². The van der Waals surface area contributed by atoms with Gasteiger partial charge in [-0.2, -0.15) is 0 Å². The lowest BCUT2D eigenvalue weighted by molar-refractivity contribution is 0.257. The highest BCUT2D eigenvalue weighted by molar-refractivity contribution is 5.60. The van der Waals surface area contributed by atoms with Crippen LogP contribution in [0.25, 0.3) is 22.8 Å². The van der Waals surface area contributed by atoms with E-state index in [1.165, 1.54) is 0 Å². The van der Waals surface area contributed by atoms with E-state index in [2.05, 4.69) is 13.8 Å². The van der Waals surface area contributed by atoms with Gasteiger partial charge in [0.05, 0.1) is 12.5 Å². The molecule has 1 heterocycles. The molecule has 0 saturated carbocycles. The molecular formula is C29H31N3O2. The predicted molar refractivity (Wildman–Crippen MR) is 136 cm³/mol. The van der Waals surface area contributed by atoms with Crippen LogP contribution < -0.4 is 4.74 Å². The summed E-state index contributed by atoms with van der Waals surface area (Å²) >= 11 is 0. The minimum atomic E-state index is -0.0402. The van der Waals surface area contributed by atoms with E-state index in [9.17, 15) is 5.11 Å². The van der Waals surface area contributed by atoms with Crippen molar-refractivity contribution in [1.29, 1.82) is 0 Å². The number of para-hydroxylation sites is 2. The Morgan fingerprint density at radius 3 is 1.85 bits per heavy atom. The van der Waals surface area contributed by atoms with E-state index in [0.29, 0.717) is 35.7 Å². The van der Waals surface area contributed by atoms with Crippen molar-refractivity contribution in [3.05, 3.63) is 90.8 Å². The molecule has 0 bridgehead atoms. The Balaban J connectivity index is 1.72. The molecule has 2 atom stereocenters. The molecule has 2 unspecified atom stereocenters. The topological polar surface area (TPSA) is 68.1 Å². The molecule has 0 saturated heterocycles. The quantitative estimate of drug-likeness (QED) is 0.283. The van der Waals surface area contributed by atoms with Crippen LogP contribution in [0.3, 0.4) is 0 Å². The van der Waals surface area contributed by atoms with Crippen molar-refractivity contribution in [2.75, 3.05) is 6.61 Å². The zero-order chi connectivity index (χ0) is 23.8. The monoisotopic (exact) mass is 453 g/mol. The molecule has 34 heavy (non-hydrogen) atoms. The first kappa shape index (κ1) is 23.4. The molecule has 4 aromatic rings. The number of ether oxygens (including phenoxy) is 1. The summed E-state index contributed by atoms with van der Waals surface area (Å²) in [4.78, 5) is 14.6. The highest BCUT2D eigenvalue weighted by Crippen LogP contribution is 2.30. The third kappa shape index (κ3) is 5.98. The van der Waals surface area contributed by atoms with Crippen LogP contribution in [-0.4, -0.2) is 26.7 Å². The Hall–Kier alpha value is -3.73. The fourth-order valence-corrected chi connectivity index (χ4v) is 3.75. The van der Waals surface area contributed by atoms with Gasteiger partial charge in [0, 0.05) is 11.1 Å². The van der Waals surface area contributed by atoms with Gasteiger partial charge in [-0.15, -0.1) is 0 Å². The van der Waals surface area contributed by atoms with E-state index >= 15 is 0 Å². The van der Waals surface area contributed by atoms with Crippen LogP contribution in [0.5, 0.6) is 11.5 Å². The largest absolute Gasteiger partial charge is 0.504 e. The second kappa shape index (κ2) is 11.4. The summed E-state index contributed by atoms with van der Waals surface area (Å²) in [7, 11) is 0. The molecule has 174 valence electrons. The number of hydrogen-bond donors (Lipinski definition) is 1. The standard InChI is InChI=1S/C29H31N3O2/c1-3-21(2)18-19-24(20-34-26-17-11-10-16-25(26)33)29-31-27(22-12-6-4-7-13-22)30-28(32-29)23-14-8-5-9-15-23/h4-17,21,24,33H,3,18-20H2,1-2H3. The lowest BCUT2D eigenvalue weighted by Crippen LogP contribution is -2.16. The Morgan fingerprint density at radius 2 is 1.29 bits per heavy atom. The van der Waals surface area contributed by atoms with Gasteiger partial charge in [-0.3, -0.25) is 0 Å². The first-order chi connectivity index (χ1) is 16.6. The van der Waals surface area contributed by atoms with Gasteiger partial charge in [-0.05, 0) is 30.9 Å². The van der Waals surface area contributed by atoms with Crippen molar-refractivity contribution < 1.29 is 9.84 Å². The van der Waals surface area contributed by atoms with E-state index in [0.717, 1.165) is 30.4 Å². The van der Waals surface area contributed by atoms with Crippen molar-refractivity contribution >= 4 is 0 Å².